The molecule has 0 fully saturated rings. The molecule has 1 aromatic heterocycles. The van der Waals surface area contributed by atoms with Gasteiger partial charge in [-0.15, -0.1) is 24.0 Å². The average Bonchev–Trinajstić information content (AvgIpc) is 3.21. The third kappa shape index (κ3) is 8.04. The largest absolute Gasteiger partial charge is 0.466 e. The molecule has 0 bridgehead atoms. The van der Waals surface area contributed by atoms with Crippen LogP contribution >= 0.6 is 47.2 Å². The number of furan rings is 1. The van der Waals surface area contributed by atoms with Crippen molar-refractivity contribution in [1.29, 1.82) is 0 Å². The fourth-order valence-corrected chi connectivity index (χ4v) is 2.63. The summed E-state index contributed by atoms with van der Waals surface area (Å²) in [6, 6.07) is 8.13. The number of aliphatic imine (C=N–C) groups is 1. The van der Waals surface area contributed by atoms with Gasteiger partial charge in [-0.1, -0.05) is 23.2 Å². The van der Waals surface area contributed by atoms with Crippen LogP contribution in [-0.2, 0) is 5.60 Å². The highest BCUT2D eigenvalue weighted by Crippen LogP contribution is 2.22. The molecule has 0 spiro atoms. The Hall–Kier alpha value is -1.49. The number of carbonyl (C=O) groups is 1. The molecular formula is C19H25Cl2IN4O3. The third-order valence-corrected chi connectivity index (χ3v) is 4.57. The summed E-state index contributed by atoms with van der Waals surface area (Å²) >= 11 is 11.8. The summed E-state index contributed by atoms with van der Waals surface area (Å²) < 4.78 is 5.25. The van der Waals surface area contributed by atoms with E-state index < -0.39 is 5.60 Å². The van der Waals surface area contributed by atoms with Crippen LogP contribution in [0.5, 0.6) is 0 Å². The molecule has 2 rings (SSSR count). The molecule has 10 heteroatoms. The van der Waals surface area contributed by atoms with Crippen molar-refractivity contribution in [3.05, 3.63) is 58.0 Å². The summed E-state index contributed by atoms with van der Waals surface area (Å²) in [5.41, 5.74) is -0.780. The van der Waals surface area contributed by atoms with Crippen LogP contribution in [0.15, 0.2) is 46.0 Å². The number of hydrogen-bond donors (Lipinski definition) is 4. The molecule has 0 aliphatic rings. The fourth-order valence-electron chi connectivity index (χ4n) is 2.33. The first kappa shape index (κ1) is 25.5. The van der Waals surface area contributed by atoms with E-state index in [2.05, 4.69) is 20.9 Å². The lowest BCUT2D eigenvalue weighted by Crippen LogP contribution is -2.42. The standard InChI is InChI=1S/C19H24Cl2N4O3.HI/c1-3-22-18(25-12-19(2,27)16-5-4-10-28-16)24-9-8-23-17(26)13-6-7-14(20)15(21)11-13;/h4-7,10-11,27H,3,8-9,12H2,1-2H3,(H,23,26)(H2,22,24,25);1H. The Labute approximate surface area is 197 Å². The Morgan fingerprint density at radius 1 is 1.17 bits per heavy atom. The van der Waals surface area contributed by atoms with E-state index in [1.165, 1.54) is 12.3 Å². The molecule has 160 valence electrons. The summed E-state index contributed by atoms with van der Waals surface area (Å²) in [7, 11) is 0. The Kier molecular flexibility index (Phi) is 10.8. The summed E-state index contributed by atoms with van der Waals surface area (Å²) in [5, 5.41) is 20.2. The summed E-state index contributed by atoms with van der Waals surface area (Å²) in [6.45, 7) is 5.17. The van der Waals surface area contributed by atoms with Crippen LogP contribution in [0.1, 0.15) is 30.0 Å². The highest BCUT2D eigenvalue weighted by atomic mass is 127. The average molecular weight is 555 g/mol. The van der Waals surface area contributed by atoms with Gasteiger partial charge in [0, 0.05) is 25.2 Å². The fraction of sp³-hybridized carbons (Fsp3) is 0.368. The van der Waals surface area contributed by atoms with Gasteiger partial charge in [-0.2, -0.15) is 0 Å². The number of hydrogen-bond acceptors (Lipinski definition) is 4. The molecule has 4 N–H and O–H groups in total. The molecule has 0 aliphatic heterocycles. The zero-order valence-electron chi connectivity index (χ0n) is 16.2. The van der Waals surface area contributed by atoms with E-state index in [4.69, 9.17) is 27.6 Å². The number of nitrogens with zero attached hydrogens (tertiary/aromatic N) is 1. The van der Waals surface area contributed by atoms with Gasteiger partial charge in [0.15, 0.2) is 5.96 Å². The maximum Gasteiger partial charge on any atom is 0.251 e. The number of amides is 1. The monoisotopic (exact) mass is 554 g/mol. The Morgan fingerprint density at radius 2 is 1.90 bits per heavy atom. The first-order valence-electron chi connectivity index (χ1n) is 8.85. The van der Waals surface area contributed by atoms with Crippen molar-refractivity contribution < 1.29 is 14.3 Å². The van der Waals surface area contributed by atoms with Crippen molar-refractivity contribution in [2.45, 2.75) is 19.4 Å². The molecule has 2 aromatic rings. The van der Waals surface area contributed by atoms with Gasteiger partial charge in [-0.05, 0) is 44.2 Å². The van der Waals surface area contributed by atoms with E-state index in [0.29, 0.717) is 47.0 Å². The number of benzene rings is 1. The van der Waals surface area contributed by atoms with Crippen LogP contribution in [0, 0.1) is 0 Å². The van der Waals surface area contributed by atoms with Crippen LogP contribution in [0.2, 0.25) is 10.0 Å². The smallest absolute Gasteiger partial charge is 0.251 e. The zero-order chi connectivity index (χ0) is 20.6. The minimum absolute atomic E-state index is 0. The van der Waals surface area contributed by atoms with Crippen molar-refractivity contribution >= 4 is 59.0 Å². The molecule has 1 unspecified atom stereocenters. The van der Waals surface area contributed by atoms with Gasteiger partial charge in [0.05, 0.1) is 22.9 Å². The third-order valence-electron chi connectivity index (χ3n) is 3.83. The topological polar surface area (TPSA) is 98.9 Å². The lowest BCUT2D eigenvalue weighted by Gasteiger charge is -2.19. The predicted octanol–water partition coefficient (Wildman–Crippen LogP) is 3.40. The van der Waals surface area contributed by atoms with E-state index in [0.717, 1.165) is 0 Å². The number of halogens is 3. The van der Waals surface area contributed by atoms with Gasteiger partial charge < -0.3 is 25.5 Å². The number of aliphatic hydroxyl groups is 1. The molecule has 1 amide bonds. The minimum atomic E-state index is -1.21. The molecule has 0 saturated carbocycles. The molecule has 0 aliphatic carbocycles. The van der Waals surface area contributed by atoms with Crippen LogP contribution in [0.25, 0.3) is 0 Å². The molecular weight excluding hydrogens is 530 g/mol. The molecule has 0 radical (unpaired) electrons. The molecule has 1 atom stereocenters. The van der Waals surface area contributed by atoms with Gasteiger partial charge >= 0.3 is 0 Å². The molecule has 1 aromatic carbocycles. The van der Waals surface area contributed by atoms with Crippen LogP contribution in [-0.4, -0.2) is 43.2 Å². The first-order valence-corrected chi connectivity index (χ1v) is 9.61. The highest BCUT2D eigenvalue weighted by molar-refractivity contribution is 14.0. The molecule has 1 heterocycles. The number of nitrogens with one attached hydrogen (secondary N) is 3. The van der Waals surface area contributed by atoms with Crippen LogP contribution in [0.4, 0.5) is 0 Å². The van der Waals surface area contributed by atoms with Gasteiger partial charge in [-0.25, -0.2) is 4.99 Å². The summed E-state index contributed by atoms with van der Waals surface area (Å²) in [4.78, 5) is 16.5. The highest BCUT2D eigenvalue weighted by Gasteiger charge is 2.26. The molecule has 29 heavy (non-hydrogen) atoms. The zero-order valence-corrected chi connectivity index (χ0v) is 20.0. The minimum Gasteiger partial charge on any atom is -0.466 e. The van der Waals surface area contributed by atoms with E-state index in [9.17, 15) is 9.90 Å². The van der Waals surface area contributed by atoms with Crippen LogP contribution in [0.3, 0.4) is 0 Å². The van der Waals surface area contributed by atoms with Crippen molar-refractivity contribution in [2.24, 2.45) is 4.99 Å². The Morgan fingerprint density at radius 3 is 2.52 bits per heavy atom. The molecule has 0 saturated heterocycles. The SMILES string of the molecule is CCNC(=NCC(C)(O)c1ccco1)NCCNC(=O)c1ccc(Cl)c(Cl)c1.I. The van der Waals surface area contributed by atoms with Crippen LogP contribution < -0.4 is 16.0 Å². The van der Waals surface area contributed by atoms with Crippen molar-refractivity contribution in [1.82, 2.24) is 16.0 Å². The summed E-state index contributed by atoms with van der Waals surface area (Å²) in [5.74, 6) is 0.724. The first-order chi connectivity index (χ1) is 13.3. The molecule has 7 nitrogen and oxygen atoms in total. The van der Waals surface area contributed by atoms with Gasteiger partial charge in [0.1, 0.15) is 11.4 Å². The lowest BCUT2D eigenvalue weighted by molar-refractivity contribution is 0.0437. The second-order valence-corrected chi connectivity index (χ2v) is 7.07. The summed E-state index contributed by atoms with van der Waals surface area (Å²) in [6.07, 6.45) is 1.51. The second kappa shape index (κ2) is 12.3. The number of carbonyl (C=O) groups excluding carboxylic acids is 1. The van der Waals surface area contributed by atoms with Gasteiger partial charge in [0.2, 0.25) is 0 Å². The van der Waals surface area contributed by atoms with E-state index in [1.54, 1.807) is 31.2 Å². The second-order valence-electron chi connectivity index (χ2n) is 6.26. The maximum atomic E-state index is 12.1. The van der Waals surface area contributed by atoms with Crippen molar-refractivity contribution in [2.75, 3.05) is 26.2 Å². The maximum absolute atomic E-state index is 12.1. The van der Waals surface area contributed by atoms with Gasteiger partial charge in [0.25, 0.3) is 5.91 Å². The Balaban J connectivity index is 0.00000420. The van der Waals surface area contributed by atoms with E-state index in [1.807, 2.05) is 6.92 Å². The lowest BCUT2D eigenvalue weighted by atomic mass is 10.0. The van der Waals surface area contributed by atoms with Gasteiger partial charge in [-0.3, -0.25) is 4.79 Å². The normalized spacial score (nSPS) is 13.2. The van der Waals surface area contributed by atoms with Crippen molar-refractivity contribution in [3.63, 3.8) is 0 Å². The van der Waals surface area contributed by atoms with E-state index in [-0.39, 0.29) is 36.4 Å². The number of rotatable bonds is 8. The Bertz CT molecular complexity index is 814. The predicted molar refractivity (Wildman–Crippen MR) is 126 cm³/mol. The van der Waals surface area contributed by atoms with E-state index >= 15 is 0 Å². The number of guanidine groups is 1. The quantitative estimate of drug-likeness (QED) is 0.173. The van der Waals surface area contributed by atoms with Crippen molar-refractivity contribution in [3.8, 4) is 0 Å².